The molecule has 1 aliphatic rings. The van der Waals surface area contributed by atoms with Gasteiger partial charge in [0.15, 0.2) is 0 Å². The first-order valence-electron chi connectivity index (χ1n) is 9.17. The van der Waals surface area contributed by atoms with Gasteiger partial charge in [0, 0.05) is 41.8 Å². The van der Waals surface area contributed by atoms with Crippen molar-refractivity contribution < 1.29 is 13.6 Å². The van der Waals surface area contributed by atoms with Crippen LogP contribution in [0.4, 0.5) is 14.5 Å². The first-order valence-corrected chi connectivity index (χ1v) is 9.17. The lowest BCUT2D eigenvalue weighted by Crippen LogP contribution is -2.27. The van der Waals surface area contributed by atoms with E-state index in [2.05, 4.69) is 20.8 Å². The number of halogens is 2. The van der Waals surface area contributed by atoms with Crippen LogP contribution in [-0.4, -0.2) is 47.7 Å². The highest BCUT2D eigenvalue weighted by molar-refractivity contribution is 6.05. The van der Waals surface area contributed by atoms with Gasteiger partial charge in [-0.05, 0) is 44.3 Å². The molecule has 0 bridgehead atoms. The zero-order chi connectivity index (χ0) is 19.7. The minimum Gasteiger partial charge on any atom is -0.322 e. The number of rotatable bonds is 3. The second-order valence-electron chi connectivity index (χ2n) is 7.01. The van der Waals surface area contributed by atoms with E-state index in [4.69, 9.17) is 0 Å². The Morgan fingerprint density at radius 3 is 2.93 bits per heavy atom. The SMILES string of the molecule is CN1CCNCCC1c1cc(C(=O)Nc2ccc3[nH]ncc3c2)c(F)cc1F. The zero-order valence-electron chi connectivity index (χ0n) is 15.4. The second-order valence-corrected chi connectivity index (χ2v) is 7.01. The van der Waals surface area contributed by atoms with Crippen LogP contribution in [0.1, 0.15) is 28.4 Å². The first kappa shape index (κ1) is 18.5. The number of fused-ring (bicyclic) bond motifs is 1. The fourth-order valence-corrected chi connectivity index (χ4v) is 3.60. The van der Waals surface area contributed by atoms with Crippen molar-refractivity contribution in [1.29, 1.82) is 0 Å². The van der Waals surface area contributed by atoms with Gasteiger partial charge in [-0.1, -0.05) is 0 Å². The molecule has 1 fully saturated rings. The number of benzene rings is 2. The minimum atomic E-state index is -0.877. The summed E-state index contributed by atoms with van der Waals surface area (Å²) in [6.45, 7) is 2.28. The van der Waals surface area contributed by atoms with Gasteiger partial charge in [0.05, 0.1) is 17.3 Å². The molecule has 146 valence electrons. The Labute approximate surface area is 160 Å². The lowest BCUT2D eigenvalue weighted by Gasteiger charge is -2.26. The summed E-state index contributed by atoms with van der Waals surface area (Å²) < 4.78 is 28.9. The number of amides is 1. The Bertz CT molecular complexity index is 1020. The van der Waals surface area contributed by atoms with Crippen molar-refractivity contribution >= 4 is 22.5 Å². The number of carbonyl (C=O) groups is 1. The van der Waals surface area contributed by atoms with Crippen LogP contribution in [0.15, 0.2) is 36.5 Å². The maximum absolute atomic E-state index is 14.5. The van der Waals surface area contributed by atoms with Gasteiger partial charge in [-0.15, -0.1) is 0 Å². The van der Waals surface area contributed by atoms with E-state index < -0.39 is 17.5 Å². The number of carbonyl (C=O) groups excluding carboxylic acids is 1. The Kier molecular flexibility index (Phi) is 5.06. The molecule has 1 aliphatic heterocycles. The summed E-state index contributed by atoms with van der Waals surface area (Å²) in [5.74, 6) is -2.12. The molecule has 28 heavy (non-hydrogen) atoms. The molecular weight excluding hydrogens is 364 g/mol. The van der Waals surface area contributed by atoms with Crippen molar-refractivity contribution in [2.24, 2.45) is 0 Å². The predicted molar refractivity (Wildman–Crippen MR) is 103 cm³/mol. The summed E-state index contributed by atoms with van der Waals surface area (Å²) in [5.41, 5.74) is 1.51. The molecule has 1 amide bonds. The van der Waals surface area contributed by atoms with Crippen LogP contribution in [0.25, 0.3) is 10.9 Å². The highest BCUT2D eigenvalue weighted by Gasteiger charge is 2.25. The number of anilines is 1. The molecule has 1 atom stereocenters. The van der Waals surface area contributed by atoms with Gasteiger partial charge in [0.1, 0.15) is 11.6 Å². The maximum atomic E-state index is 14.5. The van der Waals surface area contributed by atoms with E-state index >= 15 is 0 Å². The number of nitrogens with one attached hydrogen (secondary N) is 3. The van der Waals surface area contributed by atoms with Crippen molar-refractivity contribution in [2.75, 3.05) is 32.0 Å². The third kappa shape index (κ3) is 3.61. The molecule has 0 radical (unpaired) electrons. The summed E-state index contributed by atoms with van der Waals surface area (Å²) in [6, 6.07) is 7.13. The van der Waals surface area contributed by atoms with E-state index in [1.807, 2.05) is 11.9 Å². The summed E-state index contributed by atoms with van der Waals surface area (Å²) in [6.07, 6.45) is 2.31. The van der Waals surface area contributed by atoms with E-state index in [9.17, 15) is 13.6 Å². The molecule has 1 aromatic heterocycles. The van der Waals surface area contributed by atoms with Crippen LogP contribution in [0, 0.1) is 11.6 Å². The summed E-state index contributed by atoms with van der Waals surface area (Å²) in [5, 5.41) is 13.5. The average Bonchev–Trinajstić information content (AvgIpc) is 3.02. The van der Waals surface area contributed by atoms with Gasteiger partial charge in [-0.3, -0.25) is 14.8 Å². The van der Waals surface area contributed by atoms with Crippen LogP contribution < -0.4 is 10.6 Å². The summed E-state index contributed by atoms with van der Waals surface area (Å²) in [7, 11) is 1.90. The number of H-pyrrole nitrogens is 1. The number of aromatic amines is 1. The van der Waals surface area contributed by atoms with E-state index in [1.165, 1.54) is 6.07 Å². The number of hydrogen-bond donors (Lipinski definition) is 3. The average molecular weight is 385 g/mol. The van der Waals surface area contributed by atoms with Crippen LogP contribution in [-0.2, 0) is 0 Å². The molecule has 0 spiro atoms. The summed E-state index contributed by atoms with van der Waals surface area (Å²) >= 11 is 0. The molecule has 2 heterocycles. The van der Waals surface area contributed by atoms with Crippen LogP contribution >= 0.6 is 0 Å². The zero-order valence-corrected chi connectivity index (χ0v) is 15.4. The summed E-state index contributed by atoms with van der Waals surface area (Å²) in [4.78, 5) is 14.7. The number of likely N-dealkylation sites (N-methyl/N-ethyl adjacent to an activating group) is 1. The molecule has 2 aromatic carbocycles. The van der Waals surface area contributed by atoms with Crippen LogP contribution in [0.5, 0.6) is 0 Å². The Balaban J connectivity index is 1.63. The normalized spacial score (nSPS) is 18.2. The van der Waals surface area contributed by atoms with Crippen molar-refractivity contribution in [2.45, 2.75) is 12.5 Å². The van der Waals surface area contributed by atoms with E-state index in [0.29, 0.717) is 17.7 Å². The standard InChI is InChI=1S/C20H21F2N5O/c1-27-7-6-23-5-4-19(27)14-9-15(17(22)10-16(14)21)20(28)25-13-2-3-18-12(8-13)11-24-26-18/h2-3,8-11,19,23H,4-7H2,1H3,(H,24,26)(H,25,28). The van der Waals surface area contributed by atoms with Gasteiger partial charge >= 0.3 is 0 Å². The Morgan fingerprint density at radius 2 is 2.07 bits per heavy atom. The van der Waals surface area contributed by atoms with Crippen molar-refractivity contribution in [3.8, 4) is 0 Å². The van der Waals surface area contributed by atoms with Gasteiger partial charge in [-0.2, -0.15) is 5.10 Å². The Hall–Kier alpha value is -2.84. The van der Waals surface area contributed by atoms with Crippen LogP contribution in [0.2, 0.25) is 0 Å². The second kappa shape index (κ2) is 7.65. The topological polar surface area (TPSA) is 73.1 Å². The highest BCUT2D eigenvalue weighted by Crippen LogP contribution is 2.29. The fourth-order valence-electron chi connectivity index (χ4n) is 3.60. The third-order valence-corrected chi connectivity index (χ3v) is 5.16. The molecule has 0 saturated carbocycles. The van der Waals surface area contributed by atoms with Crippen LogP contribution in [0.3, 0.4) is 0 Å². The predicted octanol–water partition coefficient (Wildman–Crippen LogP) is 3.06. The van der Waals surface area contributed by atoms with Crippen molar-refractivity contribution in [1.82, 2.24) is 20.4 Å². The van der Waals surface area contributed by atoms with E-state index in [1.54, 1.807) is 24.4 Å². The molecule has 0 aliphatic carbocycles. The van der Waals surface area contributed by atoms with Gasteiger partial charge in [-0.25, -0.2) is 8.78 Å². The highest BCUT2D eigenvalue weighted by atomic mass is 19.1. The fraction of sp³-hybridized carbons (Fsp3) is 0.300. The molecule has 1 saturated heterocycles. The van der Waals surface area contributed by atoms with E-state index in [-0.39, 0.29) is 11.6 Å². The molecule has 8 heteroatoms. The monoisotopic (exact) mass is 385 g/mol. The maximum Gasteiger partial charge on any atom is 0.258 e. The lowest BCUT2D eigenvalue weighted by molar-refractivity contribution is 0.102. The molecular formula is C20H21F2N5O. The van der Waals surface area contributed by atoms with Gasteiger partial charge in [0.25, 0.3) is 5.91 Å². The quantitative estimate of drug-likeness (QED) is 0.648. The molecule has 1 unspecified atom stereocenters. The van der Waals surface area contributed by atoms with Gasteiger partial charge < -0.3 is 10.6 Å². The van der Waals surface area contributed by atoms with Crippen molar-refractivity contribution in [3.63, 3.8) is 0 Å². The first-order chi connectivity index (χ1) is 13.5. The molecule has 3 N–H and O–H groups in total. The number of hydrogen-bond acceptors (Lipinski definition) is 4. The number of nitrogens with zero attached hydrogens (tertiary/aromatic N) is 2. The van der Waals surface area contributed by atoms with Gasteiger partial charge in [0.2, 0.25) is 0 Å². The molecule has 6 nitrogen and oxygen atoms in total. The third-order valence-electron chi connectivity index (χ3n) is 5.16. The van der Waals surface area contributed by atoms with E-state index in [0.717, 1.165) is 36.6 Å². The number of aromatic nitrogens is 2. The molecule has 3 aromatic rings. The van der Waals surface area contributed by atoms with Crippen molar-refractivity contribution in [3.05, 3.63) is 59.3 Å². The lowest BCUT2D eigenvalue weighted by atomic mass is 9.98. The molecule has 4 rings (SSSR count). The minimum absolute atomic E-state index is 0.172. The largest absolute Gasteiger partial charge is 0.322 e. The Morgan fingerprint density at radius 1 is 1.21 bits per heavy atom. The smallest absolute Gasteiger partial charge is 0.258 e.